The van der Waals surface area contributed by atoms with Crippen LogP contribution in [0.2, 0.25) is 0 Å². The zero-order valence-corrected chi connectivity index (χ0v) is 4.01. The molecule has 0 aromatic rings. The third kappa shape index (κ3) is 3320. The first-order chi connectivity index (χ1) is 3.65. The molecule has 0 unspecified atom stereocenters. The first kappa shape index (κ1) is 33.4. The summed E-state index contributed by atoms with van der Waals surface area (Å²) in [5, 5.41) is 23.7. The van der Waals surface area contributed by atoms with Crippen molar-refractivity contribution in [3.05, 3.63) is 0 Å². The molecular weight excluding hydrogens is 160 g/mol. The molecule has 0 heterocycles. The molecule has 0 saturated carbocycles. The molecule has 11 heavy (non-hydrogen) atoms. The van der Waals surface area contributed by atoms with Crippen molar-refractivity contribution < 1.29 is 35.4 Å². The Morgan fingerprint density at radius 3 is 1.45 bits per heavy atom. The zero-order chi connectivity index (χ0) is 6.99. The second-order valence-electron chi connectivity index (χ2n) is 0.452. The van der Waals surface area contributed by atoms with Crippen LogP contribution in [0.15, 0.2) is 0 Å². The van der Waals surface area contributed by atoms with E-state index < -0.39 is 6.16 Å². The van der Waals surface area contributed by atoms with Crippen molar-refractivity contribution in [2.45, 2.75) is 14.9 Å². The Hall–Kier alpha value is -1.34. The van der Waals surface area contributed by atoms with Crippen LogP contribution in [0.25, 0.3) is 0 Å². The lowest BCUT2D eigenvalue weighted by molar-refractivity contribution is -0.415. The molecule has 0 aromatic heterocycles. The molecule has 0 fully saturated rings. The van der Waals surface area contributed by atoms with E-state index in [-0.39, 0.29) is 26.8 Å². The number of carboxylic acid groups (broad SMARTS) is 2. The van der Waals surface area contributed by atoms with Crippen LogP contribution in [0.5, 0.6) is 0 Å². The van der Waals surface area contributed by atoms with Crippen LogP contribution in [-0.4, -0.2) is 23.4 Å². The van der Waals surface area contributed by atoms with Crippen LogP contribution >= 0.6 is 0 Å². The van der Waals surface area contributed by atoms with Crippen LogP contribution in [0, 0.1) is 0 Å². The number of rotatable bonds is 1. The highest BCUT2D eigenvalue weighted by molar-refractivity contribution is 5.47. The Morgan fingerprint density at radius 2 is 1.45 bits per heavy atom. The van der Waals surface area contributed by atoms with Gasteiger partial charge in [-0.2, -0.15) is 0 Å². The topological polar surface area (TPSA) is 140 Å². The van der Waals surface area contributed by atoms with Gasteiger partial charge in [-0.3, -0.25) is 4.79 Å². The highest BCUT2D eigenvalue weighted by Crippen LogP contribution is 1.33. The van der Waals surface area contributed by atoms with Crippen molar-refractivity contribution in [3.8, 4) is 0 Å². The van der Waals surface area contributed by atoms with Gasteiger partial charge in [0.15, 0.2) is 0 Å². The fourth-order valence-electron chi connectivity index (χ4n) is 0. The minimum atomic E-state index is -2.33. The normalized spacial score (nSPS) is 4.09. The molecule has 0 radical (unpaired) electrons. The molecule has 72 valence electrons. The van der Waals surface area contributed by atoms with E-state index in [1.807, 2.05) is 0 Å². The van der Waals surface area contributed by atoms with Crippen LogP contribution in [0.4, 0.5) is 4.79 Å². The summed E-state index contributed by atoms with van der Waals surface area (Å²) < 4.78 is 0. The van der Waals surface area contributed by atoms with Gasteiger partial charge in [-0.25, -0.2) is 5.26 Å². The summed E-state index contributed by atoms with van der Waals surface area (Å²) in [6, 6.07) is 0. The molecule has 0 bridgehead atoms. The van der Waals surface area contributed by atoms with Crippen molar-refractivity contribution in [1.82, 2.24) is 0 Å². The molecular formula is C4H11O7-3. The molecule has 2 N–H and O–H groups in total. The van der Waals surface area contributed by atoms with Gasteiger partial charge in [0.1, 0.15) is 0 Å². The monoisotopic (exact) mass is 171 g/mol. The molecule has 0 spiro atoms. The SMILES string of the molecule is C.C.O=C([O-])[O-].O=COO.[OH-]. The molecule has 0 aliphatic rings. The Labute approximate surface area is 64.1 Å². The molecule has 0 aromatic carbocycles. The third-order valence-corrected chi connectivity index (χ3v) is 0.0430. The Bertz CT molecular complexity index is 66.8. The summed E-state index contributed by atoms with van der Waals surface area (Å²) in [7, 11) is 0. The Balaban J connectivity index is -0.0000000171. The predicted octanol–water partition coefficient (Wildman–Crippen LogP) is -1.72. The van der Waals surface area contributed by atoms with E-state index in [4.69, 9.17) is 25.1 Å². The fourth-order valence-corrected chi connectivity index (χ4v) is 0. The second-order valence-corrected chi connectivity index (χ2v) is 0.452. The Kier molecular flexibility index (Phi) is 115. The van der Waals surface area contributed by atoms with E-state index in [0.717, 1.165) is 0 Å². The van der Waals surface area contributed by atoms with Gasteiger partial charge in [0.05, 0.1) is 0 Å². The minimum absolute atomic E-state index is 0. The van der Waals surface area contributed by atoms with E-state index in [9.17, 15) is 0 Å². The van der Waals surface area contributed by atoms with Crippen molar-refractivity contribution in [1.29, 1.82) is 0 Å². The lowest BCUT2D eigenvalue weighted by Gasteiger charge is -1.96. The number of carbonyl (C=O) groups is 2. The van der Waals surface area contributed by atoms with E-state index >= 15 is 0 Å². The molecule has 0 aliphatic heterocycles. The molecule has 0 aliphatic carbocycles. The standard InChI is InChI=1S/2CH2O3.2CH4.H2O/c2-1-4-3;2-1(3)4;;;/h1,3H;(H2,2,3,4);2*1H4;1H2/p-3. The van der Waals surface area contributed by atoms with Crippen molar-refractivity contribution >= 4 is 12.6 Å². The number of hydrogen-bond acceptors (Lipinski definition) is 7. The summed E-state index contributed by atoms with van der Waals surface area (Å²) in [5.74, 6) is 0. The average Bonchev–Trinajstić information content (AvgIpc) is 1.65. The number of carbonyl (C=O) groups excluding carboxylic acids is 2. The van der Waals surface area contributed by atoms with Crippen LogP contribution in [0.1, 0.15) is 14.9 Å². The third-order valence-electron chi connectivity index (χ3n) is 0.0430. The Morgan fingerprint density at radius 1 is 1.36 bits per heavy atom. The molecule has 7 heteroatoms. The first-order valence-corrected chi connectivity index (χ1v) is 1.27. The van der Waals surface area contributed by atoms with E-state index in [1.165, 1.54) is 0 Å². The molecule has 0 saturated heterocycles. The maximum atomic E-state index is 8.70. The van der Waals surface area contributed by atoms with Gasteiger partial charge in [-0.15, -0.1) is 0 Å². The lowest BCUT2D eigenvalue weighted by Crippen LogP contribution is -2.37. The van der Waals surface area contributed by atoms with E-state index in [1.54, 1.807) is 0 Å². The highest BCUT2D eigenvalue weighted by Gasteiger charge is 1.47. The van der Waals surface area contributed by atoms with E-state index in [2.05, 4.69) is 4.89 Å². The first-order valence-electron chi connectivity index (χ1n) is 1.27. The largest absolute Gasteiger partial charge is 0.870 e. The van der Waals surface area contributed by atoms with Crippen molar-refractivity contribution in [3.63, 3.8) is 0 Å². The molecule has 0 atom stereocenters. The van der Waals surface area contributed by atoms with Gasteiger partial charge >= 0.3 is 6.47 Å². The zero-order valence-electron chi connectivity index (χ0n) is 4.01. The average molecular weight is 171 g/mol. The van der Waals surface area contributed by atoms with Crippen LogP contribution in [-0.2, 0) is 9.68 Å². The minimum Gasteiger partial charge on any atom is -0.870 e. The maximum absolute atomic E-state index is 8.70. The van der Waals surface area contributed by atoms with Crippen LogP contribution in [0.3, 0.4) is 0 Å². The van der Waals surface area contributed by atoms with Crippen LogP contribution < -0.4 is 10.2 Å². The highest BCUT2D eigenvalue weighted by atomic mass is 17.1. The van der Waals surface area contributed by atoms with Gasteiger partial charge in [0, 0.05) is 0 Å². The summed E-state index contributed by atoms with van der Waals surface area (Å²) in [6.45, 7) is -0.0694. The summed E-state index contributed by atoms with van der Waals surface area (Å²) in [5.41, 5.74) is 0. The quantitative estimate of drug-likeness (QED) is 0.281. The molecule has 7 nitrogen and oxygen atoms in total. The van der Waals surface area contributed by atoms with Gasteiger partial charge in [-0.1, -0.05) is 14.9 Å². The van der Waals surface area contributed by atoms with Gasteiger partial charge < -0.3 is 25.4 Å². The molecule has 0 rings (SSSR count). The van der Waals surface area contributed by atoms with Gasteiger partial charge in [0.25, 0.3) is 0 Å². The summed E-state index contributed by atoms with van der Waals surface area (Å²) in [6.07, 6.45) is -2.33. The lowest BCUT2D eigenvalue weighted by atomic mass is 11.5. The predicted molar refractivity (Wildman–Crippen MR) is 30.6 cm³/mol. The molecule has 0 amide bonds. The van der Waals surface area contributed by atoms with E-state index in [0.29, 0.717) is 0 Å². The summed E-state index contributed by atoms with van der Waals surface area (Å²) in [4.78, 5) is 19.9. The number of hydrogen-bond donors (Lipinski definition) is 1. The fraction of sp³-hybridized carbons (Fsp3) is 0.500. The summed E-state index contributed by atoms with van der Waals surface area (Å²) >= 11 is 0. The maximum Gasteiger partial charge on any atom is 0.330 e. The van der Waals surface area contributed by atoms with Crippen molar-refractivity contribution in [2.75, 3.05) is 0 Å². The van der Waals surface area contributed by atoms with Crippen molar-refractivity contribution in [2.24, 2.45) is 0 Å². The van der Waals surface area contributed by atoms with Gasteiger partial charge in [-0.05, 0) is 6.16 Å². The van der Waals surface area contributed by atoms with Gasteiger partial charge in [0.2, 0.25) is 0 Å². The second kappa shape index (κ2) is 37.9. The smallest absolute Gasteiger partial charge is 0.330 e.